The van der Waals surface area contributed by atoms with Gasteiger partial charge in [0.05, 0.1) is 0 Å². The zero-order valence-electron chi connectivity index (χ0n) is 23.0. The highest BCUT2D eigenvalue weighted by molar-refractivity contribution is 7.80. The van der Waals surface area contributed by atoms with E-state index in [-0.39, 0.29) is 5.41 Å². The van der Waals surface area contributed by atoms with Gasteiger partial charge in [0.1, 0.15) is 11.6 Å². The summed E-state index contributed by atoms with van der Waals surface area (Å²) in [6, 6.07) is 11.1. The van der Waals surface area contributed by atoms with Gasteiger partial charge in [0.25, 0.3) is 0 Å². The molecule has 0 amide bonds. The van der Waals surface area contributed by atoms with Crippen molar-refractivity contribution in [2.75, 3.05) is 41.3 Å². The Morgan fingerprint density at radius 2 is 1.74 bits per heavy atom. The fourth-order valence-electron chi connectivity index (χ4n) is 6.62. The van der Waals surface area contributed by atoms with Crippen LogP contribution in [0.1, 0.15) is 83.6 Å². The first-order chi connectivity index (χ1) is 18.4. The Balaban J connectivity index is 1.34. The molecule has 2 atom stereocenters. The topological polar surface area (TPSA) is 56.3 Å². The van der Waals surface area contributed by atoms with Crippen LogP contribution in [0.3, 0.4) is 0 Å². The van der Waals surface area contributed by atoms with Crippen molar-refractivity contribution in [3.63, 3.8) is 0 Å². The third-order valence-electron chi connectivity index (χ3n) is 8.86. The van der Waals surface area contributed by atoms with Gasteiger partial charge < -0.3 is 20.4 Å². The van der Waals surface area contributed by atoms with Crippen molar-refractivity contribution in [2.45, 2.75) is 89.5 Å². The number of nitrogens with one attached hydrogen (secondary N) is 2. The molecule has 1 aliphatic carbocycles. The van der Waals surface area contributed by atoms with E-state index in [2.05, 4.69) is 52.5 Å². The molecule has 0 unspecified atom stereocenters. The zero-order chi connectivity index (χ0) is 26.5. The number of anilines is 3. The number of nitrogens with zero attached hydrogens (tertiary/aromatic N) is 4. The summed E-state index contributed by atoms with van der Waals surface area (Å²) < 4.78 is 0. The zero-order valence-corrected chi connectivity index (χ0v) is 24.6. The maximum absolute atomic E-state index is 6.20. The third-order valence-corrected chi connectivity index (χ3v) is 9.36. The Bertz CT molecular complexity index is 1090. The highest BCUT2D eigenvalue weighted by Crippen LogP contribution is 2.39. The molecule has 3 heterocycles. The molecule has 1 saturated carbocycles. The lowest BCUT2D eigenvalue weighted by molar-refractivity contribution is 0.292. The number of piperidine rings is 2. The summed E-state index contributed by atoms with van der Waals surface area (Å²) in [6.45, 7) is 8.56. The van der Waals surface area contributed by atoms with Crippen LogP contribution < -0.4 is 20.4 Å². The van der Waals surface area contributed by atoms with Crippen LogP contribution in [0.5, 0.6) is 0 Å². The lowest BCUT2D eigenvalue weighted by Crippen LogP contribution is -2.44. The second-order valence-electron chi connectivity index (χ2n) is 11.8. The van der Waals surface area contributed by atoms with Gasteiger partial charge >= 0.3 is 0 Å². The number of hydrogen-bond donors (Lipinski definition) is 2. The Hall–Kier alpha value is -2.12. The molecule has 0 bridgehead atoms. The van der Waals surface area contributed by atoms with Gasteiger partial charge in [0, 0.05) is 48.7 Å². The summed E-state index contributed by atoms with van der Waals surface area (Å²) in [7, 11) is 0. The molecule has 5 rings (SSSR count). The molecule has 206 valence electrons. The van der Waals surface area contributed by atoms with Crippen LogP contribution in [0.4, 0.5) is 17.6 Å². The number of rotatable bonds is 6. The Morgan fingerprint density at radius 1 is 0.974 bits per heavy atom. The molecule has 0 spiro atoms. The molecule has 0 radical (unpaired) electrons. The van der Waals surface area contributed by atoms with Crippen molar-refractivity contribution in [2.24, 2.45) is 5.92 Å². The van der Waals surface area contributed by atoms with Crippen LogP contribution in [0, 0.1) is 5.92 Å². The minimum atomic E-state index is 0.0651. The summed E-state index contributed by atoms with van der Waals surface area (Å²) in [6.07, 6.45) is 12.3. The quantitative estimate of drug-likeness (QED) is 0.375. The van der Waals surface area contributed by atoms with Gasteiger partial charge in [-0.15, -0.1) is 0 Å². The van der Waals surface area contributed by atoms with E-state index in [9.17, 15) is 0 Å². The van der Waals surface area contributed by atoms with E-state index in [1.54, 1.807) is 0 Å². The van der Waals surface area contributed by atoms with E-state index in [0.29, 0.717) is 23.0 Å². The van der Waals surface area contributed by atoms with E-state index >= 15 is 0 Å². The molecule has 1 aromatic heterocycles. The number of halogens is 1. The van der Waals surface area contributed by atoms with Gasteiger partial charge in [-0.25, -0.2) is 0 Å². The van der Waals surface area contributed by atoms with Crippen molar-refractivity contribution in [1.82, 2.24) is 15.3 Å². The first kappa shape index (κ1) is 27.4. The molecule has 8 heteroatoms. The third kappa shape index (κ3) is 6.53. The van der Waals surface area contributed by atoms with Gasteiger partial charge in [-0.1, -0.05) is 49.9 Å². The average Bonchev–Trinajstić information content (AvgIpc) is 2.93. The fourth-order valence-corrected chi connectivity index (χ4v) is 6.91. The van der Waals surface area contributed by atoms with Crippen LogP contribution in [0.15, 0.2) is 30.3 Å². The van der Waals surface area contributed by atoms with Crippen LogP contribution in [0.25, 0.3) is 0 Å². The van der Waals surface area contributed by atoms with Gasteiger partial charge in [-0.05, 0) is 87.7 Å². The summed E-state index contributed by atoms with van der Waals surface area (Å²) in [5, 5.41) is 8.29. The minimum Gasteiger partial charge on any atom is -0.361 e. The SMILES string of the molecule is C[C@H]1CCCN(c2cc(N3CCCC[C@@H]3C)nc(NC(=S)NCC3(c4ccc(Cl)cc4)CCCCC3)n2)C1. The van der Waals surface area contributed by atoms with Crippen molar-refractivity contribution in [3.8, 4) is 0 Å². The largest absolute Gasteiger partial charge is 0.361 e. The summed E-state index contributed by atoms with van der Waals surface area (Å²) in [5.74, 6) is 3.29. The Kier molecular flexibility index (Phi) is 8.94. The average molecular weight is 555 g/mol. The van der Waals surface area contributed by atoms with Crippen molar-refractivity contribution < 1.29 is 0 Å². The van der Waals surface area contributed by atoms with Crippen molar-refractivity contribution in [3.05, 3.63) is 40.9 Å². The van der Waals surface area contributed by atoms with E-state index in [0.717, 1.165) is 55.7 Å². The number of thiocarbonyl (C=S) groups is 1. The number of hydrogen-bond acceptors (Lipinski definition) is 5. The smallest absolute Gasteiger partial charge is 0.232 e. The molecule has 2 aliphatic heterocycles. The summed E-state index contributed by atoms with van der Waals surface area (Å²) >= 11 is 12.0. The maximum atomic E-state index is 6.20. The Morgan fingerprint density at radius 3 is 2.47 bits per heavy atom. The molecule has 2 aromatic rings. The minimum absolute atomic E-state index is 0.0651. The van der Waals surface area contributed by atoms with Gasteiger partial charge in [0.2, 0.25) is 5.95 Å². The maximum Gasteiger partial charge on any atom is 0.232 e. The molecule has 6 nitrogen and oxygen atoms in total. The van der Waals surface area contributed by atoms with Crippen LogP contribution in [-0.4, -0.2) is 47.3 Å². The Labute approximate surface area is 238 Å². The molecular weight excluding hydrogens is 512 g/mol. The standard InChI is InChI=1S/C30H43ClN6S/c1-22-9-8-17-36(20-22)26-19-27(37-18-7-4-10-23(37)2)34-28(33-26)35-29(38)32-21-30(15-5-3-6-16-30)24-11-13-25(31)14-12-24/h11-14,19,22-23H,3-10,15-18,20-21H2,1-2H3,(H2,32,33,34,35,38)/t22-,23-/m0/s1. The molecule has 3 fully saturated rings. The lowest BCUT2D eigenvalue weighted by atomic mass is 9.69. The predicted octanol–water partition coefficient (Wildman–Crippen LogP) is 6.93. The van der Waals surface area contributed by atoms with Crippen LogP contribution in [-0.2, 0) is 5.41 Å². The van der Waals surface area contributed by atoms with E-state index in [1.165, 1.54) is 56.9 Å². The van der Waals surface area contributed by atoms with E-state index in [4.69, 9.17) is 33.8 Å². The second kappa shape index (κ2) is 12.4. The highest BCUT2D eigenvalue weighted by Gasteiger charge is 2.34. The van der Waals surface area contributed by atoms with Crippen molar-refractivity contribution >= 4 is 46.5 Å². The van der Waals surface area contributed by atoms with E-state index in [1.807, 2.05) is 12.1 Å². The van der Waals surface area contributed by atoms with Crippen molar-refractivity contribution in [1.29, 1.82) is 0 Å². The second-order valence-corrected chi connectivity index (χ2v) is 12.6. The van der Waals surface area contributed by atoms with Gasteiger partial charge in [-0.3, -0.25) is 0 Å². The van der Waals surface area contributed by atoms with Gasteiger partial charge in [0.15, 0.2) is 5.11 Å². The molecule has 1 aromatic carbocycles. The lowest BCUT2D eigenvalue weighted by Gasteiger charge is -2.38. The predicted molar refractivity (Wildman–Crippen MR) is 164 cm³/mol. The van der Waals surface area contributed by atoms with E-state index < -0.39 is 0 Å². The summed E-state index contributed by atoms with van der Waals surface area (Å²) in [5.41, 5.74) is 1.41. The fraction of sp³-hybridized carbons (Fsp3) is 0.633. The normalized spacial score (nSPS) is 23.7. The molecular formula is C30H43ClN6S. The molecule has 2 N–H and O–H groups in total. The number of aromatic nitrogens is 2. The summed E-state index contributed by atoms with van der Waals surface area (Å²) in [4.78, 5) is 14.8. The number of benzene rings is 1. The monoisotopic (exact) mass is 554 g/mol. The first-order valence-electron chi connectivity index (χ1n) is 14.6. The first-order valence-corrected chi connectivity index (χ1v) is 15.4. The van der Waals surface area contributed by atoms with Crippen LogP contribution >= 0.6 is 23.8 Å². The van der Waals surface area contributed by atoms with Gasteiger partial charge in [-0.2, -0.15) is 9.97 Å². The van der Waals surface area contributed by atoms with Crippen LogP contribution in [0.2, 0.25) is 5.02 Å². The molecule has 3 aliphatic rings. The molecule has 38 heavy (non-hydrogen) atoms. The highest BCUT2D eigenvalue weighted by atomic mass is 35.5. The molecule has 2 saturated heterocycles.